The van der Waals surface area contributed by atoms with Crippen LogP contribution in [0.4, 0.5) is 0 Å². The third-order valence-electron chi connectivity index (χ3n) is 0.244. The predicted molar refractivity (Wildman–Crippen MR) is 21.1 cm³/mol. The Morgan fingerprint density at radius 3 is 2.50 bits per heavy atom. The van der Waals surface area contributed by atoms with Crippen LogP contribution in [0.1, 0.15) is 0 Å². The van der Waals surface area contributed by atoms with E-state index in [0.717, 1.165) is 0 Å². The molecule has 0 aliphatic rings. The number of nitrogens with two attached hydrogens (primary N) is 1. The molecule has 0 unspecified atom stereocenters. The highest BCUT2D eigenvalue weighted by Gasteiger charge is 1.67. The van der Waals surface area contributed by atoms with E-state index >= 15 is 0 Å². The SMILES string of the molecule is C=C[C+]=C(N)[O-]. The lowest BCUT2D eigenvalue weighted by molar-refractivity contribution is -0.305. The Balaban J connectivity index is 3.41. The van der Waals surface area contributed by atoms with Crippen LogP contribution in [0.2, 0.25) is 0 Å². The van der Waals surface area contributed by atoms with Crippen molar-refractivity contribution in [2.45, 2.75) is 0 Å². The first kappa shape index (κ1) is 4.99. The Hall–Kier alpha value is -1.01. The number of allylic oxidation sites excluding steroid dienone is 2. The van der Waals surface area contributed by atoms with E-state index in [4.69, 9.17) is 0 Å². The molecular weight excluding hydrogens is 78.0 g/mol. The lowest BCUT2D eigenvalue weighted by Gasteiger charge is -1.87. The monoisotopic (exact) mass is 83.0 g/mol. The van der Waals surface area contributed by atoms with Crippen LogP contribution in [-0.2, 0) is 0 Å². The minimum Gasteiger partial charge on any atom is -0.837 e. The van der Waals surface area contributed by atoms with Crippen LogP contribution in [0.3, 0.4) is 0 Å². The molecule has 0 aromatic carbocycles. The molecule has 0 rings (SSSR count). The molecule has 2 nitrogen and oxygen atoms in total. The van der Waals surface area contributed by atoms with Gasteiger partial charge in [0.25, 0.3) is 0 Å². The summed E-state index contributed by atoms with van der Waals surface area (Å²) in [7, 11) is 0. The quantitative estimate of drug-likeness (QED) is 0.254. The maximum absolute atomic E-state index is 9.64. The first-order valence-electron chi connectivity index (χ1n) is 1.44. The van der Waals surface area contributed by atoms with Crippen LogP contribution in [0.5, 0.6) is 0 Å². The smallest absolute Gasteiger partial charge is 0.153 e. The largest absolute Gasteiger partial charge is 0.837 e. The van der Waals surface area contributed by atoms with E-state index in [-0.39, 0.29) is 0 Å². The lowest BCUT2D eigenvalue weighted by atomic mass is 10.6. The molecule has 0 atom stereocenters. The number of hydrogen-bond acceptors (Lipinski definition) is 2. The highest BCUT2D eigenvalue weighted by atomic mass is 16.3. The maximum atomic E-state index is 9.64. The molecule has 0 aliphatic carbocycles. The van der Waals surface area contributed by atoms with Crippen molar-refractivity contribution in [2.24, 2.45) is 5.73 Å². The van der Waals surface area contributed by atoms with Gasteiger partial charge in [-0.3, -0.25) is 0 Å². The van der Waals surface area contributed by atoms with Crippen molar-refractivity contribution in [2.75, 3.05) is 0 Å². The minimum atomic E-state index is -0.579. The zero-order chi connectivity index (χ0) is 4.99. The van der Waals surface area contributed by atoms with Gasteiger partial charge in [0.2, 0.25) is 0 Å². The van der Waals surface area contributed by atoms with E-state index < -0.39 is 5.88 Å². The Morgan fingerprint density at radius 1 is 2.00 bits per heavy atom. The molecule has 0 heterocycles. The summed E-state index contributed by atoms with van der Waals surface area (Å²) in [5, 5.41) is 9.64. The second kappa shape index (κ2) is 2.24. The van der Waals surface area contributed by atoms with Gasteiger partial charge in [-0.05, 0) is 0 Å². The van der Waals surface area contributed by atoms with Gasteiger partial charge in [-0.15, -0.1) is 0 Å². The van der Waals surface area contributed by atoms with E-state index in [1.807, 2.05) is 0 Å². The second-order valence-corrected chi connectivity index (χ2v) is 0.713. The molecule has 2 heteroatoms. The van der Waals surface area contributed by atoms with Gasteiger partial charge in [0.05, 0.1) is 0 Å². The average molecular weight is 83.1 g/mol. The minimum absolute atomic E-state index is 0.579. The van der Waals surface area contributed by atoms with Crippen LogP contribution in [0.25, 0.3) is 0 Å². The molecule has 0 aliphatic heterocycles. The normalized spacial score (nSPS) is 9.67. The van der Waals surface area contributed by atoms with Gasteiger partial charge in [-0.1, -0.05) is 0 Å². The van der Waals surface area contributed by atoms with Gasteiger partial charge >= 0.3 is 0 Å². The molecule has 0 saturated heterocycles. The summed E-state index contributed by atoms with van der Waals surface area (Å²) in [4.78, 5) is 0. The topological polar surface area (TPSA) is 49.1 Å². The van der Waals surface area contributed by atoms with E-state index in [2.05, 4.69) is 18.4 Å². The molecule has 0 fully saturated rings. The highest BCUT2D eigenvalue weighted by Crippen LogP contribution is 1.63. The first-order chi connectivity index (χ1) is 2.77. The van der Waals surface area contributed by atoms with Crippen molar-refractivity contribution in [3.63, 3.8) is 0 Å². The van der Waals surface area contributed by atoms with Crippen molar-refractivity contribution in [3.05, 3.63) is 24.6 Å². The van der Waals surface area contributed by atoms with E-state index in [0.29, 0.717) is 0 Å². The maximum Gasteiger partial charge on any atom is 0.153 e. The summed E-state index contributed by atoms with van der Waals surface area (Å²) < 4.78 is 0. The first-order valence-corrected chi connectivity index (χ1v) is 1.44. The summed E-state index contributed by atoms with van der Waals surface area (Å²) in [6.45, 7) is 3.19. The van der Waals surface area contributed by atoms with E-state index in [1.54, 1.807) is 0 Å². The van der Waals surface area contributed by atoms with Gasteiger partial charge in [-0.2, -0.15) is 0 Å². The number of rotatable bonds is 1. The molecular formula is C4H5NO. The Morgan fingerprint density at radius 2 is 2.50 bits per heavy atom. The molecule has 0 spiro atoms. The Kier molecular flexibility index (Phi) is 1.86. The zero-order valence-electron chi connectivity index (χ0n) is 3.27. The number of hydrogen-bond donors (Lipinski definition) is 1. The Labute approximate surface area is 36.6 Å². The summed E-state index contributed by atoms with van der Waals surface area (Å²) in [5.41, 5.74) is 4.58. The fourth-order valence-electron chi connectivity index (χ4n) is 0.101. The van der Waals surface area contributed by atoms with Crippen LogP contribution in [-0.4, -0.2) is 0 Å². The van der Waals surface area contributed by atoms with Crippen LogP contribution < -0.4 is 10.8 Å². The summed E-state index contributed by atoms with van der Waals surface area (Å²) in [6.07, 6.45) is 3.34. The zero-order valence-corrected chi connectivity index (χ0v) is 3.27. The van der Waals surface area contributed by atoms with Crippen LogP contribution >= 0.6 is 0 Å². The van der Waals surface area contributed by atoms with Crippen LogP contribution in [0.15, 0.2) is 18.5 Å². The molecule has 6 heavy (non-hydrogen) atoms. The molecule has 0 radical (unpaired) electrons. The summed E-state index contributed by atoms with van der Waals surface area (Å²) in [5.74, 6) is -0.579. The van der Waals surface area contributed by atoms with Crippen molar-refractivity contribution in [1.29, 1.82) is 0 Å². The second-order valence-electron chi connectivity index (χ2n) is 0.713. The van der Waals surface area contributed by atoms with E-state index in [9.17, 15) is 5.11 Å². The molecule has 0 bridgehead atoms. The third-order valence-corrected chi connectivity index (χ3v) is 0.244. The Bertz CT molecular complexity index is 71.6. The molecule has 0 saturated carbocycles. The van der Waals surface area contributed by atoms with Crippen molar-refractivity contribution in [3.8, 4) is 0 Å². The van der Waals surface area contributed by atoms with Gasteiger partial charge in [-0.25, -0.2) is 0 Å². The van der Waals surface area contributed by atoms with Crippen molar-refractivity contribution >= 4 is 0 Å². The molecule has 0 aromatic rings. The van der Waals surface area contributed by atoms with Gasteiger partial charge in [0, 0.05) is 6.58 Å². The molecule has 32 valence electrons. The highest BCUT2D eigenvalue weighted by molar-refractivity contribution is 4.88. The predicted octanol–water partition coefficient (Wildman–Crippen LogP) is -0.864. The lowest BCUT2D eigenvalue weighted by Crippen LogP contribution is -2.12. The standard InChI is InChI=1S/C4H5NO/c1-2-3-4(5)6/h2H,1,5H2. The summed E-state index contributed by atoms with van der Waals surface area (Å²) >= 11 is 0. The molecule has 0 aromatic heterocycles. The molecule has 0 amide bonds. The van der Waals surface area contributed by atoms with Gasteiger partial charge in [0.1, 0.15) is 12.0 Å². The fraction of sp³-hybridized carbons (Fsp3) is 0. The van der Waals surface area contributed by atoms with Gasteiger partial charge < -0.3 is 10.8 Å². The average Bonchev–Trinajstić information content (AvgIpc) is 1.35. The van der Waals surface area contributed by atoms with Gasteiger partial charge in [0.15, 0.2) is 6.08 Å². The van der Waals surface area contributed by atoms with E-state index in [1.165, 1.54) is 6.08 Å². The summed E-state index contributed by atoms with van der Waals surface area (Å²) in [6, 6.07) is 0. The third kappa shape index (κ3) is 2.99. The van der Waals surface area contributed by atoms with Crippen molar-refractivity contribution < 1.29 is 5.11 Å². The fourth-order valence-corrected chi connectivity index (χ4v) is 0.101. The molecule has 2 N–H and O–H groups in total. The van der Waals surface area contributed by atoms with Crippen LogP contribution in [0, 0.1) is 6.08 Å². The van der Waals surface area contributed by atoms with Crippen molar-refractivity contribution in [1.82, 2.24) is 0 Å².